The maximum Gasteiger partial charge on any atom is 0.263 e. The number of nitrogens with zero attached hydrogens (tertiary/aromatic N) is 2. The fourth-order valence-electron chi connectivity index (χ4n) is 5.29. The number of carbonyl (C=O) groups excluding carboxylic acids is 1. The number of amides is 1. The first kappa shape index (κ1) is 18.4. The minimum absolute atomic E-state index is 0.107. The molecule has 2 aromatic rings. The van der Waals surface area contributed by atoms with E-state index in [4.69, 9.17) is 16.3 Å². The molecule has 4 heterocycles. The van der Waals surface area contributed by atoms with Gasteiger partial charge in [0.2, 0.25) is 0 Å². The van der Waals surface area contributed by atoms with Crippen LogP contribution in [0.4, 0.5) is 0 Å². The molecule has 1 aromatic heterocycles. The van der Waals surface area contributed by atoms with Crippen molar-refractivity contribution < 1.29 is 9.53 Å². The number of likely N-dealkylation sites (tertiary alicyclic amines) is 1. The Morgan fingerprint density at radius 2 is 2.07 bits per heavy atom. The lowest BCUT2D eigenvalue weighted by Crippen LogP contribution is -2.59. The molecule has 5 nitrogen and oxygen atoms in total. The number of aromatic nitrogens is 1. The number of fused-ring (bicyclic) bond motifs is 2. The van der Waals surface area contributed by atoms with Crippen LogP contribution < -0.4 is 10.1 Å². The lowest BCUT2D eigenvalue weighted by atomic mass is 9.73. The van der Waals surface area contributed by atoms with Crippen LogP contribution in [0.15, 0.2) is 30.5 Å². The van der Waals surface area contributed by atoms with E-state index < -0.39 is 6.10 Å². The zero-order valence-electron chi connectivity index (χ0n) is 16.8. The van der Waals surface area contributed by atoms with Gasteiger partial charge in [0.25, 0.3) is 5.91 Å². The Hall–Kier alpha value is -2.37. The fraction of sp³-hybridized carbons (Fsp3) is 0.417. The van der Waals surface area contributed by atoms with Gasteiger partial charge >= 0.3 is 0 Å². The molecule has 0 saturated carbocycles. The Morgan fingerprint density at radius 3 is 2.83 bits per heavy atom. The van der Waals surface area contributed by atoms with Gasteiger partial charge in [0.15, 0.2) is 6.10 Å². The molecule has 1 aromatic carbocycles. The number of halogens is 1. The second kappa shape index (κ2) is 6.82. The smallest absolute Gasteiger partial charge is 0.263 e. The second-order valence-electron chi connectivity index (χ2n) is 9.01. The summed E-state index contributed by atoms with van der Waals surface area (Å²) in [5, 5.41) is 4.05. The lowest BCUT2D eigenvalue weighted by Gasteiger charge is -2.48. The SMILES string of the molecule is O=C(C1Cc2cc(Cl)cc(-c3ccnc4c3C=CC4)c2O1)N1CCC2(CC1)CNC2. The van der Waals surface area contributed by atoms with E-state index in [0.717, 1.165) is 79.1 Å². The van der Waals surface area contributed by atoms with Crippen molar-refractivity contribution in [2.75, 3.05) is 26.2 Å². The number of benzene rings is 1. The van der Waals surface area contributed by atoms with Gasteiger partial charge in [-0.1, -0.05) is 23.8 Å². The van der Waals surface area contributed by atoms with Gasteiger partial charge in [-0.2, -0.15) is 0 Å². The van der Waals surface area contributed by atoms with Gasteiger partial charge in [-0.3, -0.25) is 9.78 Å². The summed E-state index contributed by atoms with van der Waals surface area (Å²) < 4.78 is 6.31. The van der Waals surface area contributed by atoms with E-state index in [1.807, 2.05) is 29.3 Å². The van der Waals surface area contributed by atoms with Crippen LogP contribution >= 0.6 is 11.6 Å². The number of allylic oxidation sites excluding steroid dienone is 1. The molecule has 2 fully saturated rings. The van der Waals surface area contributed by atoms with Crippen LogP contribution in [-0.2, 0) is 17.6 Å². The number of piperidine rings is 1. The number of hydrogen-bond donors (Lipinski definition) is 1. The zero-order valence-corrected chi connectivity index (χ0v) is 17.5. The van der Waals surface area contributed by atoms with Crippen LogP contribution in [0, 0.1) is 5.41 Å². The van der Waals surface area contributed by atoms with Crippen molar-refractivity contribution in [3.63, 3.8) is 0 Å². The minimum Gasteiger partial charge on any atom is -0.479 e. The monoisotopic (exact) mass is 421 g/mol. The van der Waals surface area contributed by atoms with Crippen molar-refractivity contribution in [2.45, 2.75) is 31.8 Å². The van der Waals surface area contributed by atoms with Gasteiger partial charge in [0.1, 0.15) is 5.75 Å². The van der Waals surface area contributed by atoms with Gasteiger partial charge in [0.05, 0.1) is 5.69 Å². The van der Waals surface area contributed by atoms with Crippen LogP contribution in [0.2, 0.25) is 5.02 Å². The summed E-state index contributed by atoms with van der Waals surface area (Å²) in [4.78, 5) is 19.7. The summed E-state index contributed by atoms with van der Waals surface area (Å²) in [5.41, 5.74) is 5.65. The average molecular weight is 422 g/mol. The van der Waals surface area contributed by atoms with Crippen LogP contribution in [-0.4, -0.2) is 48.1 Å². The highest BCUT2D eigenvalue weighted by Gasteiger charge is 2.42. The van der Waals surface area contributed by atoms with Crippen molar-refractivity contribution in [1.82, 2.24) is 15.2 Å². The molecular weight excluding hydrogens is 398 g/mol. The van der Waals surface area contributed by atoms with Crippen molar-refractivity contribution in [3.8, 4) is 16.9 Å². The zero-order chi connectivity index (χ0) is 20.3. The van der Waals surface area contributed by atoms with Crippen molar-refractivity contribution >= 4 is 23.6 Å². The van der Waals surface area contributed by atoms with Crippen molar-refractivity contribution in [1.29, 1.82) is 0 Å². The third kappa shape index (κ3) is 2.87. The normalized spacial score (nSPS) is 23.1. The van der Waals surface area contributed by atoms with Crippen molar-refractivity contribution in [3.05, 3.63) is 52.3 Å². The molecule has 1 amide bonds. The Morgan fingerprint density at radius 1 is 1.23 bits per heavy atom. The molecule has 2 saturated heterocycles. The Balaban J connectivity index is 1.27. The molecule has 1 atom stereocenters. The van der Waals surface area contributed by atoms with Crippen LogP contribution in [0.1, 0.15) is 29.7 Å². The van der Waals surface area contributed by atoms with E-state index >= 15 is 0 Å². The summed E-state index contributed by atoms with van der Waals surface area (Å²) in [7, 11) is 0. The molecule has 1 aliphatic carbocycles. The highest BCUT2D eigenvalue weighted by atomic mass is 35.5. The molecule has 0 bridgehead atoms. The van der Waals surface area contributed by atoms with Crippen molar-refractivity contribution in [2.24, 2.45) is 5.41 Å². The number of pyridine rings is 1. The standard InChI is InChI=1S/C24H24ClN3O2/c25-16-10-15-11-21(23(29)28-8-5-24(6-9-28)13-26-14-24)30-22(15)19(12-16)17-4-7-27-20-3-1-2-18(17)20/h1-2,4,7,10,12,21,26H,3,5-6,8-9,11,13-14H2. The number of rotatable bonds is 2. The number of carbonyl (C=O) groups is 1. The summed E-state index contributed by atoms with van der Waals surface area (Å²) in [6, 6.07) is 5.90. The maximum absolute atomic E-state index is 13.2. The molecule has 3 aliphatic heterocycles. The minimum atomic E-state index is -0.462. The first-order chi connectivity index (χ1) is 14.6. The summed E-state index contributed by atoms with van der Waals surface area (Å²) in [6.45, 7) is 3.83. The number of hydrogen-bond acceptors (Lipinski definition) is 4. The molecule has 30 heavy (non-hydrogen) atoms. The van der Waals surface area contributed by atoms with Crippen LogP contribution in [0.5, 0.6) is 5.75 Å². The summed E-state index contributed by atoms with van der Waals surface area (Å²) >= 11 is 6.47. The largest absolute Gasteiger partial charge is 0.479 e. The van der Waals surface area contributed by atoms with E-state index in [0.29, 0.717) is 16.9 Å². The highest BCUT2D eigenvalue weighted by molar-refractivity contribution is 6.31. The Kier molecular flexibility index (Phi) is 4.19. The molecular formula is C24H24ClN3O2. The van der Waals surface area contributed by atoms with E-state index in [9.17, 15) is 4.79 Å². The Labute approximate surface area is 181 Å². The maximum atomic E-state index is 13.2. The fourth-order valence-corrected chi connectivity index (χ4v) is 5.53. The van der Waals surface area contributed by atoms with Gasteiger partial charge in [-0.25, -0.2) is 0 Å². The molecule has 1 N–H and O–H groups in total. The topological polar surface area (TPSA) is 54.5 Å². The van der Waals surface area contributed by atoms with E-state index in [-0.39, 0.29) is 5.91 Å². The predicted octanol–water partition coefficient (Wildman–Crippen LogP) is 3.49. The highest BCUT2D eigenvalue weighted by Crippen LogP contribution is 2.44. The van der Waals surface area contributed by atoms with Gasteiger partial charge < -0.3 is 15.0 Å². The van der Waals surface area contributed by atoms with Gasteiger partial charge in [0, 0.05) is 66.9 Å². The molecule has 0 radical (unpaired) electrons. The third-order valence-corrected chi connectivity index (χ3v) is 7.38. The molecule has 4 aliphatic rings. The molecule has 154 valence electrons. The van der Waals surface area contributed by atoms with E-state index in [1.165, 1.54) is 0 Å². The van der Waals surface area contributed by atoms with E-state index in [2.05, 4.69) is 22.5 Å². The Bertz CT molecular complexity index is 1070. The summed E-state index contributed by atoms with van der Waals surface area (Å²) in [6.07, 6.45) is 9.20. The number of ether oxygens (including phenoxy) is 1. The number of nitrogens with one attached hydrogen (secondary N) is 1. The predicted molar refractivity (Wildman–Crippen MR) is 117 cm³/mol. The first-order valence-electron chi connectivity index (χ1n) is 10.8. The molecule has 1 spiro atoms. The third-order valence-electron chi connectivity index (χ3n) is 7.17. The van der Waals surface area contributed by atoms with Gasteiger partial charge in [-0.05, 0) is 42.0 Å². The quantitative estimate of drug-likeness (QED) is 0.806. The lowest BCUT2D eigenvalue weighted by molar-refractivity contribution is -0.140. The second-order valence-corrected chi connectivity index (χ2v) is 9.44. The van der Waals surface area contributed by atoms with Crippen LogP contribution in [0.25, 0.3) is 17.2 Å². The summed E-state index contributed by atoms with van der Waals surface area (Å²) in [5.74, 6) is 0.901. The first-order valence-corrected chi connectivity index (χ1v) is 11.1. The molecule has 6 heteroatoms. The molecule has 6 rings (SSSR count). The van der Waals surface area contributed by atoms with E-state index in [1.54, 1.807) is 0 Å². The van der Waals surface area contributed by atoms with Crippen LogP contribution in [0.3, 0.4) is 0 Å². The average Bonchev–Trinajstić information content (AvgIpc) is 3.38. The molecule has 1 unspecified atom stereocenters. The van der Waals surface area contributed by atoms with Gasteiger partial charge in [-0.15, -0.1) is 0 Å².